The van der Waals surface area contributed by atoms with Gasteiger partial charge in [-0.05, 0) is 62.3 Å². The molecular weight excluding hydrogens is 490 g/mol. The summed E-state index contributed by atoms with van der Waals surface area (Å²) in [5.74, 6) is 0.497. The van der Waals surface area contributed by atoms with Crippen molar-refractivity contribution in [1.29, 1.82) is 0 Å². The number of aromatic nitrogens is 2. The maximum atomic E-state index is 13.2. The number of hydrogen-bond donors (Lipinski definition) is 1. The van der Waals surface area contributed by atoms with Crippen molar-refractivity contribution in [3.8, 4) is 0 Å². The van der Waals surface area contributed by atoms with Gasteiger partial charge in [0, 0.05) is 37.5 Å². The average molecular weight is 530 g/mol. The second kappa shape index (κ2) is 13.1. The van der Waals surface area contributed by atoms with Crippen molar-refractivity contribution in [2.45, 2.75) is 70.6 Å². The maximum absolute atomic E-state index is 13.2. The monoisotopic (exact) mass is 529 g/mol. The highest BCUT2D eigenvalue weighted by molar-refractivity contribution is 7.59. The number of imidazole rings is 1. The van der Waals surface area contributed by atoms with Gasteiger partial charge in [0.05, 0.1) is 11.0 Å². The van der Waals surface area contributed by atoms with Crippen LogP contribution in [0.1, 0.15) is 62.6 Å². The van der Waals surface area contributed by atoms with E-state index < -0.39 is 0 Å². The summed E-state index contributed by atoms with van der Waals surface area (Å²) in [5, 5.41) is 0. The van der Waals surface area contributed by atoms with Crippen LogP contribution in [0.3, 0.4) is 0 Å². The fourth-order valence-electron chi connectivity index (χ4n) is 5.83. The third-order valence-corrected chi connectivity index (χ3v) is 8.03. The number of rotatable bonds is 10. The number of nitrogens with zero attached hydrogens (tertiary/aromatic N) is 2. The fraction of sp³-hybridized carbons (Fsp3) is 0.375. The Labute approximate surface area is 232 Å². The molecule has 1 saturated carbocycles. The predicted molar refractivity (Wildman–Crippen MR) is 160 cm³/mol. The third kappa shape index (κ3) is 6.66. The van der Waals surface area contributed by atoms with E-state index in [-0.39, 0.29) is 31.1 Å². The van der Waals surface area contributed by atoms with Gasteiger partial charge in [0.25, 0.3) is 0 Å². The van der Waals surface area contributed by atoms with E-state index in [2.05, 4.69) is 77.5 Å². The van der Waals surface area contributed by atoms with E-state index in [4.69, 9.17) is 0 Å². The van der Waals surface area contributed by atoms with Crippen molar-refractivity contribution in [1.82, 2.24) is 14.5 Å². The van der Waals surface area contributed by atoms with Crippen molar-refractivity contribution in [3.05, 3.63) is 107 Å². The number of Topliss-reactive ketones (excluding diaryl/α,β-unsaturated/α-hetero) is 1. The summed E-state index contributed by atoms with van der Waals surface area (Å²) in [4.78, 5) is 31.3. The number of H-pyrrole nitrogens is 1. The summed E-state index contributed by atoms with van der Waals surface area (Å²) in [7, 11) is 0. The molecule has 0 bridgehead atoms. The normalized spacial score (nSPS) is 18.3. The Balaban J connectivity index is 0.00000336. The smallest absolute Gasteiger partial charge is 0.306 e. The van der Waals surface area contributed by atoms with E-state index in [0.29, 0.717) is 18.2 Å². The largest absolute Gasteiger partial charge is 0.326 e. The molecule has 6 heteroatoms. The van der Waals surface area contributed by atoms with Gasteiger partial charge in [-0.1, -0.05) is 72.8 Å². The van der Waals surface area contributed by atoms with Gasteiger partial charge >= 0.3 is 5.69 Å². The molecule has 200 valence electrons. The average Bonchev–Trinajstić information content (AvgIpc) is 3.28. The van der Waals surface area contributed by atoms with Crippen LogP contribution in [0.2, 0.25) is 0 Å². The first-order valence-electron chi connectivity index (χ1n) is 13.6. The lowest BCUT2D eigenvalue weighted by Crippen LogP contribution is -2.33. The van der Waals surface area contributed by atoms with Crippen LogP contribution in [0.25, 0.3) is 11.0 Å². The molecule has 0 aliphatic heterocycles. The van der Waals surface area contributed by atoms with Gasteiger partial charge in [-0.3, -0.25) is 14.3 Å². The zero-order chi connectivity index (χ0) is 25.6. The first-order chi connectivity index (χ1) is 18.1. The molecule has 1 heterocycles. The molecule has 1 aliphatic carbocycles. The van der Waals surface area contributed by atoms with Crippen LogP contribution in [-0.2, 0) is 17.9 Å². The van der Waals surface area contributed by atoms with E-state index in [1.165, 1.54) is 11.1 Å². The number of carbonyl (C=O) groups is 1. The molecule has 0 amide bonds. The molecule has 38 heavy (non-hydrogen) atoms. The Kier molecular flexibility index (Phi) is 9.64. The van der Waals surface area contributed by atoms with Crippen LogP contribution in [0.15, 0.2) is 89.7 Å². The number of aromatic amines is 1. The van der Waals surface area contributed by atoms with E-state index in [1.54, 1.807) is 0 Å². The Bertz CT molecular complexity index is 1320. The van der Waals surface area contributed by atoms with Crippen LogP contribution in [-0.4, -0.2) is 26.3 Å². The third-order valence-electron chi connectivity index (χ3n) is 8.03. The Morgan fingerprint density at radius 2 is 1.42 bits per heavy atom. The van der Waals surface area contributed by atoms with Gasteiger partial charge in [0.1, 0.15) is 5.78 Å². The molecule has 1 aliphatic rings. The topological polar surface area (TPSA) is 58.1 Å². The minimum atomic E-state index is -0.0401. The van der Waals surface area contributed by atoms with Crippen molar-refractivity contribution < 1.29 is 4.79 Å². The van der Waals surface area contributed by atoms with Gasteiger partial charge in [-0.2, -0.15) is 13.5 Å². The van der Waals surface area contributed by atoms with Crippen LogP contribution < -0.4 is 5.69 Å². The Morgan fingerprint density at radius 1 is 0.868 bits per heavy atom. The van der Waals surface area contributed by atoms with E-state index in [9.17, 15) is 9.59 Å². The molecule has 3 aromatic carbocycles. The molecule has 0 unspecified atom stereocenters. The second-order valence-corrected chi connectivity index (χ2v) is 10.6. The minimum Gasteiger partial charge on any atom is -0.306 e. The van der Waals surface area contributed by atoms with E-state index in [0.717, 1.165) is 56.2 Å². The first-order valence-corrected chi connectivity index (χ1v) is 13.6. The summed E-state index contributed by atoms with van der Waals surface area (Å²) in [5.41, 5.74) is 4.40. The fourth-order valence-corrected chi connectivity index (χ4v) is 5.83. The van der Waals surface area contributed by atoms with Crippen LogP contribution in [0, 0.1) is 5.92 Å². The first kappa shape index (κ1) is 27.9. The number of ketones is 1. The standard InChI is InChI=1S/C32H37N3O2.H2S/c1-24(34(22-25-10-4-2-5-11-25)23-26-12-6-3-7-13-26)16-21-31(36)27-17-19-28(20-18-27)35-30-15-9-8-14-29(30)33-32(35)37;/h2-15,24,27-28H,16-23H2,1H3,(H,33,37);1H2/t24-,27?,28?;/m0./s1. The van der Waals surface area contributed by atoms with Gasteiger partial charge < -0.3 is 4.98 Å². The summed E-state index contributed by atoms with van der Waals surface area (Å²) in [6.45, 7) is 3.99. The van der Waals surface area contributed by atoms with Crippen LogP contribution >= 0.6 is 13.5 Å². The zero-order valence-electron chi connectivity index (χ0n) is 22.2. The second-order valence-electron chi connectivity index (χ2n) is 10.6. The van der Waals surface area contributed by atoms with Crippen molar-refractivity contribution in [2.75, 3.05) is 0 Å². The minimum absolute atomic E-state index is 0. The number of hydrogen-bond acceptors (Lipinski definition) is 3. The van der Waals surface area contributed by atoms with Crippen molar-refractivity contribution in [3.63, 3.8) is 0 Å². The molecule has 1 atom stereocenters. The number of carbonyl (C=O) groups excluding carboxylic acids is 1. The van der Waals surface area contributed by atoms with Crippen LogP contribution in [0.5, 0.6) is 0 Å². The highest BCUT2D eigenvalue weighted by Crippen LogP contribution is 2.34. The van der Waals surface area contributed by atoms with Crippen molar-refractivity contribution in [2.24, 2.45) is 5.92 Å². The quantitative estimate of drug-likeness (QED) is 0.251. The Hall–Kier alpha value is -3.09. The molecule has 1 aromatic heterocycles. The molecule has 5 rings (SSSR count). The number of benzene rings is 3. The number of nitrogens with one attached hydrogen (secondary N) is 1. The van der Waals surface area contributed by atoms with Gasteiger partial charge in [-0.15, -0.1) is 0 Å². The summed E-state index contributed by atoms with van der Waals surface area (Å²) in [6, 6.07) is 29.5. The number of para-hydroxylation sites is 2. The summed E-state index contributed by atoms with van der Waals surface area (Å²) >= 11 is 0. The molecule has 0 saturated heterocycles. The summed E-state index contributed by atoms with van der Waals surface area (Å²) < 4.78 is 1.91. The highest BCUT2D eigenvalue weighted by atomic mass is 32.1. The molecular formula is C32H39N3O2S. The molecule has 1 N–H and O–H groups in total. The highest BCUT2D eigenvalue weighted by Gasteiger charge is 2.29. The summed E-state index contributed by atoms with van der Waals surface area (Å²) in [6.07, 6.45) is 4.96. The molecule has 5 nitrogen and oxygen atoms in total. The van der Waals surface area contributed by atoms with E-state index in [1.807, 2.05) is 28.8 Å². The SMILES string of the molecule is C[C@@H](CCC(=O)C1CCC(n2c(=O)[nH]c3ccccc32)CC1)N(Cc1ccccc1)Cc1ccccc1.S. The molecule has 4 aromatic rings. The maximum Gasteiger partial charge on any atom is 0.326 e. The van der Waals surface area contributed by atoms with Gasteiger partial charge in [0.2, 0.25) is 0 Å². The molecule has 0 spiro atoms. The van der Waals surface area contributed by atoms with Crippen molar-refractivity contribution >= 4 is 30.3 Å². The molecule has 0 radical (unpaired) electrons. The molecule has 1 fully saturated rings. The lowest BCUT2D eigenvalue weighted by atomic mass is 9.82. The van der Waals surface area contributed by atoms with Crippen LogP contribution in [0.4, 0.5) is 0 Å². The Morgan fingerprint density at radius 3 is 2.03 bits per heavy atom. The number of fused-ring (bicyclic) bond motifs is 1. The predicted octanol–water partition coefficient (Wildman–Crippen LogP) is 6.61. The lowest BCUT2D eigenvalue weighted by Gasteiger charge is -2.31. The zero-order valence-corrected chi connectivity index (χ0v) is 23.2. The van der Waals surface area contributed by atoms with Gasteiger partial charge in [-0.25, -0.2) is 4.79 Å². The van der Waals surface area contributed by atoms with Gasteiger partial charge in [0.15, 0.2) is 0 Å². The van der Waals surface area contributed by atoms with E-state index >= 15 is 0 Å². The lowest BCUT2D eigenvalue weighted by molar-refractivity contribution is -0.124.